The number of hydrogen-bond acceptors (Lipinski definition) is 8. The van der Waals surface area contributed by atoms with Gasteiger partial charge in [0.25, 0.3) is 20.2 Å². The normalized spacial score (nSPS) is 11.4. The second kappa shape index (κ2) is 6.12. The number of hydrogen-bond donors (Lipinski definition) is 6. The first-order valence-electron chi connectivity index (χ1n) is 4.34. The van der Waals surface area contributed by atoms with E-state index in [-0.39, 0.29) is 0 Å². The molecule has 13 heteroatoms. The summed E-state index contributed by atoms with van der Waals surface area (Å²) < 4.78 is 61.0. The molecule has 0 atom stereocenters. The van der Waals surface area contributed by atoms with Gasteiger partial charge in [0.15, 0.2) is 10.6 Å². The number of hydrazine groups is 1. The molecule has 0 saturated carbocycles. The van der Waals surface area contributed by atoms with E-state index in [1.807, 2.05) is 0 Å². The van der Waals surface area contributed by atoms with Crippen LogP contribution in [0.4, 0.5) is 0 Å². The van der Waals surface area contributed by atoms with Crippen LogP contribution in [-0.4, -0.2) is 42.1 Å². The predicted octanol–water partition coefficient (Wildman–Crippen LogP) is -1.60. The van der Waals surface area contributed by atoms with Crippen molar-refractivity contribution < 1.29 is 40.9 Å². The van der Waals surface area contributed by atoms with Gasteiger partial charge in [-0.3, -0.25) is 20.8 Å². The van der Waals surface area contributed by atoms with E-state index < -0.39 is 47.3 Å². The Kier molecular flexibility index (Phi) is 5.58. The highest BCUT2D eigenvalue weighted by Gasteiger charge is 2.30. The summed E-state index contributed by atoms with van der Waals surface area (Å²) in [6.07, 6.45) is 0. The third-order valence-corrected chi connectivity index (χ3v) is 3.82. The van der Waals surface area contributed by atoms with Gasteiger partial charge in [0.05, 0.1) is 0 Å². The molecule has 0 bridgehead atoms. The first kappa shape index (κ1) is 18.2. The number of rotatable bonds is 3. The Hall–Kier alpha value is -1.77. The lowest BCUT2D eigenvalue weighted by atomic mass is 10.2. The molecule has 0 fully saturated rings. The number of carbonyl (C=O) groups is 1. The van der Waals surface area contributed by atoms with Crippen molar-refractivity contribution in [3.63, 3.8) is 0 Å². The smallest absolute Gasteiger partial charge is 0.339 e. The van der Waals surface area contributed by atoms with Crippen molar-refractivity contribution in [1.29, 1.82) is 0 Å². The van der Waals surface area contributed by atoms with Gasteiger partial charge in [0, 0.05) is 0 Å². The molecule has 8 N–H and O–H groups in total. The molecule has 0 aliphatic rings. The molecular formula is C7H10N2O9S2. The fourth-order valence-corrected chi connectivity index (χ4v) is 3.06. The maximum Gasteiger partial charge on any atom is 0.339 e. The fourth-order valence-electron chi connectivity index (χ4n) is 1.18. The van der Waals surface area contributed by atoms with Crippen molar-refractivity contribution in [3.8, 4) is 5.75 Å². The van der Waals surface area contributed by atoms with Crippen molar-refractivity contribution in [2.45, 2.75) is 9.79 Å². The van der Waals surface area contributed by atoms with E-state index in [4.69, 9.17) is 14.2 Å². The lowest BCUT2D eigenvalue weighted by Crippen LogP contribution is -2.11. The molecule has 0 unspecified atom stereocenters. The minimum atomic E-state index is -5.26. The highest BCUT2D eigenvalue weighted by atomic mass is 32.2. The zero-order valence-electron chi connectivity index (χ0n) is 9.46. The minimum absolute atomic E-state index is 0.432. The summed E-state index contributed by atoms with van der Waals surface area (Å²) in [5.41, 5.74) is -0.949. The molecule has 0 saturated heterocycles. The summed E-state index contributed by atoms with van der Waals surface area (Å²) in [6, 6.07) is 0.997. The van der Waals surface area contributed by atoms with Crippen LogP contribution >= 0.6 is 0 Å². The van der Waals surface area contributed by atoms with Crippen LogP contribution in [0.1, 0.15) is 10.4 Å². The van der Waals surface area contributed by atoms with E-state index in [1.165, 1.54) is 0 Å². The number of aromatic carboxylic acids is 1. The van der Waals surface area contributed by atoms with Gasteiger partial charge in [0.2, 0.25) is 0 Å². The summed E-state index contributed by atoms with van der Waals surface area (Å²) >= 11 is 0. The molecule has 1 rings (SSSR count). The number of nitrogens with two attached hydrogens (primary N) is 2. The van der Waals surface area contributed by atoms with Gasteiger partial charge < -0.3 is 10.2 Å². The number of phenols is 1. The summed E-state index contributed by atoms with van der Waals surface area (Å²) in [6.45, 7) is 0. The summed E-state index contributed by atoms with van der Waals surface area (Å²) in [5, 5.41) is 17.9. The molecule has 11 nitrogen and oxygen atoms in total. The van der Waals surface area contributed by atoms with Gasteiger partial charge in [0.1, 0.15) is 10.5 Å². The lowest BCUT2D eigenvalue weighted by molar-refractivity contribution is 0.0693. The van der Waals surface area contributed by atoms with E-state index in [9.17, 15) is 26.7 Å². The zero-order chi connectivity index (χ0) is 16.3. The second-order valence-corrected chi connectivity index (χ2v) is 5.79. The summed E-state index contributed by atoms with van der Waals surface area (Å²) in [7, 11) is -10.3. The molecule has 0 aromatic heterocycles. The van der Waals surface area contributed by atoms with Crippen LogP contribution < -0.4 is 11.7 Å². The quantitative estimate of drug-likeness (QED) is 0.210. The molecule has 0 heterocycles. The van der Waals surface area contributed by atoms with Crippen molar-refractivity contribution in [1.82, 2.24) is 0 Å². The van der Waals surface area contributed by atoms with Gasteiger partial charge in [-0.05, 0) is 12.1 Å². The molecule has 1 aromatic carbocycles. The third-order valence-electron chi connectivity index (χ3n) is 1.86. The Bertz CT molecular complexity index is 723. The van der Waals surface area contributed by atoms with Crippen molar-refractivity contribution >= 4 is 26.2 Å². The van der Waals surface area contributed by atoms with Gasteiger partial charge in [-0.1, -0.05) is 0 Å². The van der Waals surface area contributed by atoms with Gasteiger partial charge in [-0.15, -0.1) is 0 Å². The van der Waals surface area contributed by atoms with Crippen molar-refractivity contribution in [2.24, 2.45) is 11.7 Å². The SMILES string of the molecule is NN.O=C(O)c1ccc(S(=O)(=O)O)c(S(=O)(=O)O)c1O. The average molecular weight is 330 g/mol. The Labute approximate surface area is 112 Å². The highest BCUT2D eigenvalue weighted by Crippen LogP contribution is 2.32. The maximum atomic E-state index is 10.9. The predicted molar refractivity (Wildman–Crippen MR) is 63.1 cm³/mol. The largest absolute Gasteiger partial charge is 0.506 e. The lowest BCUT2D eigenvalue weighted by Gasteiger charge is -2.08. The molecule has 114 valence electrons. The summed E-state index contributed by atoms with van der Waals surface area (Å²) in [4.78, 5) is 7.69. The van der Waals surface area contributed by atoms with Crippen LogP contribution in [0.3, 0.4) is 0 Å². The molecule has 0 spiro atoms. The molecule has 0 aliphatic carbocycles. The highest BCUT2D eigenvalue weighted by molar-refractivity contribution is 7.89. The van der Waals surface area contributed by atoms with Gasteiger partial charge >= 0.3 is 5.97 Å². The second-order valence-electron chi connectivity index (χ2n) is 3.04. The zero-order valence-corrected chi connectivity index (χ0v) is 11.1. The Balaban J connectivity index is 0.00000172. The van der Waals surface area contributed by atoms with Crippen LogP contribution in [0, 0.1) is 0 Å². The average Bonchev–Trinajstić information content (AvgIpc) is 2.27. The minimum Gasteiger partial charge on any atom is -0.506 e. The Morgan fingerprint density at radius 1 is 1.00 bits per heavy atom. The monoisotopic (exact) mass is 330 g/mol. The molecule has 20 heavy (non-hydrogen) atoms. The van der Waals surface area contributed by atoms with E-state index in [0.717, 1.165) is 0 Å². The maximum absolute atomic E-state index is 10.9. The molecule has 1 aromatic rings. The van der Waals surface area contributed by atoms with E-state index in [2.05, 4.69) is 11.7 Å². The molecule has 0 aliphatic heterocycles. The van der Waals surface area contributed by atoms with Gasteiger partial charge in [-0.2, -0.15) is 16.8 Å². The van der Waals surface area contributed by atoms with Crippen molar-refractivity contribution in [2.75, 3.05) is 0 Å². The van der Waals surface area contributed by atoms with Crippen LogP contribution in [0.5, 0.6) is 5.75 Å². The first-order valence-corrected chi connectivity index (χ1v) is 7.22. The van der Waals surface area contributed by atoms with E-state index >= 15 is 0 Å². The topological polar surface area (TPSA) is 218 Å². The molecule has 0 amide bonds. The number of carboxylic acid groups (broad SMARTS) is 1. The number of benzene rings is 1. The third kappa shape index (κ3) is 3.86. The van der Waals surface area contributed by atoms with Crippen LogP contribution in [0.15, 0.2) is 21.9 Å². The van der Waals surface area contributed by atoms with Crippen LogP contribution in [0.25, 0.3) is 0 Å². The Morgan fingerprint density at radius 2 is 1.45 bits per heavy atom. The van der Waals surface area contributed by atoms with E-state index in [1.54, 1.807) is 0 Å². The fraction of sp³-hybridized carbons (Fsp3) is 0. The van der Waals surface area contributed by atoms with Crippen LogP contribution in [0.2, 0.25) is 0 Å². The van der Waals surface area contributed by atoms with E-state index in [0.29, 0.717) is 12.1 Å². The number of carboxylic acids is 1. The molecular weight excluding hydrogens is 320 g/mol. The first-order chi connectivity index (χ1) is 8.96. The van der Waals surface area contributed by atoms with Crippen molar-refractivity contribution in [3.05, 3.63) is 17.7 Å². The molecule has 0 radical (unpaired) electrons. The van der Waals surface area contributed by atoms with Gasteiger partial charge in [-0.25, -0.2) is 4.79 Å². The Morgan fingerprint density at radius 3 is 1.75 bits per heavy atom. The van der Waals surface area contributed by atoms with Crippen LogP contribution in [-0.2, 0) is 20.2 Å². The number of aromatic hydroxyl groups is 1. The summed E-state index contributed by atoms with van der Waals surface area (Å²) in [5.74, 6) is 4.76. The standard InChI is InChI=1S/C7H6O9S2.H4N2/c8-5-3(7(9)10)1-2-4(17(11,12)13)6(5)18(14,15)16;1-2/h1-2,8H,(H,9,10)(H,11,12,13)(H,14,15,16);1-2H2.